The predicted molar refractivity (Wildman–Crippen MR) is 86.8 cm³/mol. The van der Waals surface area contributed by atoms with E-state index in [0.717, 1.165) is 29.2 Å². The Morgan fingerprint density at radius 3 is 2.61 bits per heavy atom. The Balaban J connectivity index is 1.90. The lowest BCUT2D eigenvalue weighted by Crippen LogP contribution is -2.01. The van der Waals surface area contributed by atoms with E-state index in [0.29, 0.717) is 10.7 Å². The lowest BCUT2D eigenvalue weighted by atomic mass is 10.2. The molecule has 0 unspecified atom stereocenters. The first kappa shape index (κ1) is 15.7. The van der Waals surface area contributed by atoms with E-state index in [-0.39, 0.29) is 5.75 Å². The molecule has 1 heterocycles. The van der Waals surface area contributed by atoms with Gasteiger partial charge in [-0.2, -0.15) is 0 Å². The Kier molecular flexibility index (Phi) is 4.43. The van der Waals surface area contributed by atoms with Gasteiger partial charge in [0.25, 0.3) is 0 Å². The summed E-state index contributed by atoms with van der Waals surface area (Å²) in [7, 11) is 0. The molecule has 0 saturated carbocycles. The number of aromatic nitrogens is 3. The first-order valence-corrected chi connectivity index (χ1v) is 8.09. The van der Waals surface area contributed by atoms with Crippen LogP contribution in [0.1, 0.15) is 17.0 Å². The van der Waals surface area contributed by atoms with Crippen molar-refractivity contribution in [2.75, 3.05) is 0 Å². The number of benzene rings is 2. The number of thioether (sulfide) groups is 1. The average Bonchev–Trinajstić information content (AvgIpc) is 2.89. The summed E-state index contributed by atoms with van der Waals surface area (Å²) in [5, 5.41) is 8.92. The Hall–Kier alpha value is -2.21. The number of halogens is 2. The lowest BCUT2D eigenvalue weighted by Gasteiger charge is -2.11. The van der Waals surface area contributed by atoms with Crippen LogP contribution in [0.25, 0.3) is 5.69 Å². The van der Waals surface area contributed by atoms with Gasteiger partial charge >= 0.3 is 0 Å². The minimum absolute atomic E-state index is 0.285. The van der Waals surface area contributed by atoms with Gasteiger partial charge in [0.05, 0.1) is 5.69 Å². The molecule has 0 aliphatic heterocycles. The zero-order valence-corrected chi connectivity index (χ0v) is 13.6. The molecule has 0 radical (unpaired) electrons. The zero-order valence-electron chi connectivity index (χ0n) is 12.8. The maximum absolute atomic E-state index is 13.7. The number of aryl methyl sites for hydroxylation is 2. The monoisotopic (exact) mass is 331 g/mol. The largest absolute Gasteiger partial charge is 0.274 e. The van der Waals surface area contributed by atoms with Gasteiger partial charge in [-0.3, -0.25) is 4.57 Å². The fourth-order valence-corrected chi connectivity index (χ4v) is 3.29. The second-order valence-corrected chi connectivity index (χ2v) is 6.12. The highest BCUT2D eigenvalue weighted by Crippen LogP contribution is 2.27. The fraction of sp³-hybridized carbons (Fsp3) is 0.176. The molecule has 0 amide bonds. The summed E-state index contributed by atoms with van der Waals surface area (Å²) in [6, 6.07) is 11.4. The molecule has 118 valence electrons. The standard InChI is InChI=1S/C17H15F2N3S/c1-11-5-3-4-6-16(11)22-12(2)20-21-17(22)23-10-13-9-14(18)7-8-15(13)19/h3-9H,10H2,1-2H3. The average molecular weight is 331 g/mol. The highest BCUT2D eigenvalue weighted by molar-refractivity contribution is 7.98. The number of para-hydroxylation sites is 1. The number of rotatable bonds is 4. The molecule has 0 bridgehead atoms. The summed E-state index contributed by atoms with van der Waals surface area (Å²) in [6.07, 6.45) is 0. The molecule has 3 rings (SSSR count). The second kappa shape index (κ2) is 6.50. The van der Waals surface area contributed by atoms with Gasteiger partial charge < -0.3 is 0 Å². The molecule has 0 saturated heterocycles. The van der Waals surface area contributed by atoms with Crippen molar-refractivity contribution in [2.45, 2.75) is 24.8 Å². The van der Waals surface area contributed by atoms with Crippen LogP contribution >= 0.6 is 11.8 Å². The summed E-state index contributed by atoms with van der Waals surface area (Å²) < 4.78 is 28.9. The van der Waals surface area contributed by atoms with Crippen LogP contribution in [0, 0.1) is 25.5 Å². The van der Waals surface area contributed by atoms with Crippen molar-refractivity contribution < 1.29 is 8.78 Å². The Bertz CT molecular complexity index is 846. The molecular weight excluding hydrogens is 316 g/mol. The molecule has 3 aromatic rings. The van der Waals surface area contributed by atoms with Gasteiger partial charge in [-0.25, -0.2) is 8.78 Å². The van der Waals surface area contributed by atoms with E-state index < -0.39 is 11.6 Å². The summed E-state index contributed by atoms with van der Waals surface area (Å²) in [6.45, 7) is 3.88. The molecule has 0 atom stereocenters. The van der Waals surface area contributed by atoms with Crippen LogP contribution in [0.15, 0.2) is 47.6 Å². The van der Waals surface area contributed by atoms with Gasteiger partial charge in [-0.15, -0.1) is 10.2 Å². The van der Waals surface area contributed by atoms with E-state index in [1.807, 2.05) is 42.7 Å². The molecule has 6 heteroatoms. The first-order valence-electron chi connectivity index (χ1n) is 7.11. The van der Waals surface area contributed by atoms with Crippen molar-refractivity contribution in [1.29, 1.82) is 0 Å². The van der Waals surface area contributed by atoms with Crippen molar-refractivity contribution >= 4 is 11.8 Å². The third-order valence-corrected chi connectivity index (χ3v) is 4.49. The number of hydrogen-bond donors (Lipinski definition) is 0. The van der Waals surface area contributed by atoms with Crippen molar-refractivity contribution in [3.8, 4) is 5.69 Å². The molecule has 0 aliphatic rings. The third kappa shape index (κ3) is 3.27. The molecule has 0 fully saturated rings. The van der Waals surface area contributed by atoms with E-state index in [1.54, 1.807) is 0 Å². The van der Waals surface area contributed by atoms with Crippen LogP contribution in [0.3, 0.4) is 0 Å². The summed E-state index contributed by atoms with van der Waals surface area (Å²) in [4.78, 5) is 0. The van der Waals surface area contributed by atoms with E-state index >= 15 is 0 Å². The normalized spacial score (nSPS) is 11.0. The lowest BCUT2D eigenvalue weighted by molar-refractivity contribution is 0.591. The van der Waals surface area contributed by atoms with Crippen LogP contribution in [-0.4, -0.2) is 14.8 Å². The van der Waals surface area contributed by atoms with Crippen LogP contribution in [0.5, 0.6) is 0 Å². The van der Waals surface area contributed by atoms with Crippen molar-refractivity contribution in [3.05, 3.63) is 71.1 Å². The predicted octanol–water partition coefficient (Wildman–Crippen LogP) is 4.45. The van der Waals surface area contributed by atoms with E-state index in [9.17, 15) is 8.78 Å². The van der Waals surface area contributed by atoms with Crippen molar-refractivity contribution in [1.82, 2.24) is 14.8 Å². The highest BCUT2D eigenvalue weighted by atomic mass is 32.2. The third-order valence-electron chi connectivity index (χ3n) is 3.52. The number of nitrogens with zero attached hydrogens (tertiary/aromatic N) is 3. The molecular formula is C17H15F2N3S. The molecule has 23 heavy (non-hydrogen) atoms. The Morgan fingerprint density at radius 1 is 1.04 bits per heavy atom. The molecule has 1 aromatic heterocycles. The molecule has 0 spiro atoms. The summed E-state index contributed by atoms with van der Waals surface area (Å²) >= 11 is 1.33. The smallest absolute Gasteiger partial charge is 0.196 e. The van der Waals surface area contributed by atoms with E-state index in [2.05, 4.69) is 10.2 Å². The SMILES string of the molecule is Cc1ccccc1-n1c(C)nnc1SCc1cc(F)ccc1F. The maximum Gasteiger partial charge on any atom is 0.196 e. The summed E-state index contributed by atoms with van der Waals surface area (Å²) in [5.41, 5.74) is 2.39. The summed E-state index contributed by atoms with van der Waals surface area (Å²) in [5.74, 6) is 0.172. The van der Waals surface area contributed by atoms with Crippen LogP contribution in [0.2, 0.25) is 0 Å². The van der Waals surface area contributed by atoms with Crippen LogP contribution in [0.4, 0.5) is 8.78 Å². The molecule has 3 nitrogen and oxygen atoms in total. The Morgan fingerprint density at radius 2 is 1.83 bits per heavy atom. The second-order valence-electron chi connectivity index (χ2n) is 5.18. The van der Waals surface area contributed by atoms with Gasteiger partial charge in [0.1, 0.15) is 17.5 Å². The zero-order chi connectivity index (χ0) is 16.4. The van der Waals surface area contributed by atoms with Gasteiger partial charge in [-0.1, -0.05) is 30.0 Å². The first-order chi connectivity index (χ1) is 11.1. The van der Waals surface area contributed by atoms with Crippen LogP contribution in [-0.2, 0) is 5.75 Å². The quantitative estimate of drug-likeness (QED) is 0.662. The van der Waals surface area contributed by atoms with Gasteiger partial charge in [-0.05, 0) is 43.7 Å². The topological polar surface area (TPSA) is 30.7 Å². The van der Waals surface area contributed by atoms with Gasteiger partial charge in [0.2, 0.25) is 0 Å². The van der Waals surface area contributed by atoms with E-state index in [1.165, 1.54) is 17.8 Å². The molecule has 0 aliphatic carbocycles. The van der Waals surface area contributed by atoms with E-state index in [4.69, 9.17) is 0 Å². The van der Waals surface area contributed by atoms with Crippen molar-refractivity contribution in [3.63, 3.8) is 0 Å². The maximum atomic E-state index is 13.7. The van der Waals surface area contributed by atoms with Gasteiger partial charge in [0.15, 0.2) is 5.16 Å². The minimum Gasteiger partial charge on any atom is -0.274 e. The van der Waals surface area contributed by atoms with Crippen molar-refractivity contribution in [2.24, 2.45) is 0 Å². The fourth-order valence-electron chi connectivity index (χ4n) is 2.32. The van der Waals surface area contributed by atoms with Gasteiger partial charge in [0, 0.05) is 11.3 Å². The number of hydrogen-bond acceptors (Lipinski definition) is 3. The molecule has 2 aromatic carbocycles. The Labute approximate surface area is 137 Å². The van der Waals surface area contributed by atoms with Crippen LogP contribution < -0.4 is 0 Å². The minimum atomic E-state index is -0.446. The highest BCUT2D eigenvalue weighted by Gasteiger charge is 2.14. The molecule has 0 N–H and O–H groups in total.